The first kappa shape index (κ1) is 4.97. The van der Waals surface area contributed by atoms with Crippen LogP contribution in [0.5, 0.6) is 0 Å². The van der Waals surface area contributed by atoms with Gasteiger partial charge in [0.25, 0.3) is 0 Å². The van der Waals surface area contributed by atoms with E-state index in [1.165, 1.54) is 6.20 Å². The summed E-state index contributed by atoms with van der Waals surface area (Å²) in [5.41, 5.74) is 0.587. The number of carbonyl (C=O) groups excluding carboxylic acids is 1. The molecule has 0 unspecified atom stereocenters. The van der Waals surface area contributed by atoms with Crippen LogP contribution in [0.4, 0.5) is 0 Å². The van der Waals surface area contributed by atoms with E-state index in [9.17, 15) is 4.79 Å². The molecule has 1 rings (SSSR count). The van der Waals surface area contributed by atoms with Gasteiger partial charge in [-0.2, -0.15) is 0 Å². The van der Waals surface area contributed by atoms with Crippen LogP contribution in [0.1, 0.15) is 10.4 Å². The van der Waals surface area contributed by atoms with Crippen molar-refractivity contribution in [1.82, 2.24) is 4.98 Å². The zero-order valence-corrected chi connectivity index (χ0v) is 4.16. The highest BCUT2D eigenvalue weighted by atomic mass is 16.1. The lowest BCUT2D eigenvalue weighted by Crippen LogP contribution is -1.77. The largest absolute Gasteiger partial charge is 0.298 e. The summed E-state index contributed by atoms with van der Waals surface area (Å²) in [5.74, 6) is 0. The van der Waals surface area contributed by atoms with Gasteiger partial charge in [-0.25, -0.2) is 0 Å². The minimum atomic E-state index is 0.587. The number of aromatic nitrogens is 1. The Kier molecular flexibility index (Phi) is 1.37. The van der Waals surface area contributed by atoms with Gasteiger partial charge in [-0.3, -0.25) is 9.78 Å². The summed E-state index contributed by atoms with van der Waals surface area (Å²) in [4.78, 5) is 13.6. The molecule has 0 fully saturated rings. The third-order valence-corrected chi connectivity index (χ3v) is 0.775. The van der Waals surface area contributed by atoms with Gasteiger partial charge in [0.05, 0.1) is 6.20 Å². The molecule has 0 spiro atoms. The van der Waals surface area contributed by atoms with Gasteiger partial charge in [0.1, 0.15) is 0 Å². The smallest absolute Gasteiger partial charge is 0.151 e. The van der Waals surface area contributed by atoms with Crippen molar-refractivity contribution in [3.63, 3.8) is 0 Å². The summed E-state index contributed by atoms with van der Waals surface area (Å²) in [6.07, 6.45) is 4.77. The second-order valence-corrected chi connectivity index (χ2v) is 1.34. The molecule has 0 aliphatic heterocycles. The summed E-state index contributed by atoms with van der Waals surface area (Å²) in [6.45, 7) is 0. The maximum atomic E-state index is 9.95. The maximum Gasteiger partial charge on any atom is 0.151 e. The SMILES string of the molecule is O=Cc1cc[c]nc1. The highest BCUT2D eigenvalue weighted by Gasteiger charge is 1.81. The van der Waals surface area contributed by atoms with E-state index in [4.69, 9.17) is 0 Å². The third-order valence-electron chi connectivity index (χ3n) is 0.775. The molecule has 1 heterocycles. The molecule has 1 radical (unpaired) electrons. The normalized spacial score (nSPS) is 8.50. The van der Waals surface area contributed by atoms with Crippen LogP contribution >= 0.6 is 0 Å². The Morgan fingerprint density at radius 2 is 2.62 bits per heavy atom. The van der Waals surface area contributed by atoms with E-state index in [1.54, 1.807) is 12.1 Å². The monoisotopic (exact) mass is 106 g/mol. The van der Waals surface area contributed by atoms with Crippen molar-refractivity contribution in [1.29, 1.82) is 0 Å². The number of rotatable bonds is 1. The average molecular weight is 106 g/mol. The Labute approximate surface area is 47.2 Å². The van der Waals surface area contributed by atoms with Crippen molar-refractivity contribution < 1.29 is 4.79 Å². The van der Waals surface area contributed by atoms with Crippen LogP contribution in [0, 0.1) is 6.20 Å². The Morgan fingerprint density at radius 3 is 3.00 bits per heavy atom. The molecule has 0 saturated heterocycles. The van der Waals surface area contributed by atoms with E-state index >= 15 is 0 Å². The van der Waals surface area contributed by atoms with Crippen LogP contribution in [0.2, 0.25) is 0 Å². The molecule has 39 valence electrons. The Bertz CT molecular complexity index is 171. The molecular formula is C6H4NO. The van der Waals surface area contributed by atoms with Crippen molar-refractivity contribution in [2.45, 2.75) is 0 Å². The lowest BCUT2D eigenvalue weighted by molar-refractivity contribution is 0.112. The van der Waals surface area contributed by atoms with Crippen LogP contribution in [-0.4, -0.2) is 11.3 Å². The fourth-order valence-corrected chi connectivity index (χ4v) is 0.401. The molecule has 0 N–H and O–H groups in total. The number of hydrogen-bond donors (Lipinski definition) is 0. The molecule has 0 aromatic carbocycles. The molecule has 0 saturated carbocycles. The molecule has 0 atom stereocenters. The van der Waals surface area contributed by atoms with Crippen molar-refractivity contribution in [2.24, 2.45) is 0 Å². The van der Waals surface area contributed by atoms with E-state index in [2.05, 4.69) is 11.2 Å². The average Bonchev–Trinajstić information content (AvgIpc) is 1.90. The lowest BCUT2D eigenvalue weighted by Gasteiger charge is -1.80. The van der Waals surface area contributed by atoms with Gasteiger partial charge < -0.3 is 0 Å². The number of aldehydes is 1. The zero-order chi connectivity index (χ0) is 5.82. The van der Waals surface area contributed by atoms with Crippen molar-refractivity contribution in [2.75, 3.05) is 0 Å². The summed E-state index contributed by atoms with van der Waals surface area (Å²) in [6, 6.07) is 3.25. The summed E-state index contributed by atoms with van der Waals surface area (Å²) in [7, 11) is 0. The minimum absolute atomic E-state index is 0.587. The van der Waals surface area contributed by atoms with Crippen LogP contribution in [-0.2, 0) is 0 Å². The molecule has 2 heteroatoms. The molecule has 0 amide bonds. The summed E-state index contributed by atoms with van der Waals surface area (Å²) < 4.78 is 0. The second kappa shape index (κ2) is 2.21. The first-order valence-corrected chi connectivity index (χ1v) is 2.21. The highest BCUT2D eigenvalue weighted by molar-refractivity contribution is 5.73. The first-order chi connectivity index (χ1) is 3.93. The van der Waals surface area contributed by atoms with Crippen LogP contribution < -0.4 is 0 Å². The molecule has 8 heavy (non-hydrogen) atoms. The van der Waals surface area contributed by atoms with Gasteiger partial charge in [-0.15, -0.1) is 0 Å². The summed E-state index contributed by atoms with van der Waals surface area (Å²) >= 11 is 0. The molecule has 1 aromatic rings. The molecular weight excluding hydrogens is 102 g/mol. The first-order valence-electron chi connectivity index (χ1n) is 2.21. The van der Waals surface area contributed by atoms with E-state index < -0.39 is 0 Å². The zero-order valence-electron chi connectivity index (χ0n) is 4.16. The van der Waals surface area contributed by atoms with Crippen molar-refractivity contribution in [3.05, 3.63) is 30.1 Å². The van der Waals surface area contributed by atoms with E-state index in [0.717, 1.165) is 6.29 Å². The molecule has 2 nitrogen and oxygen atoms in total. The van der Waals surface area contributed by atoms with Crippen LogP contribution in [0.15, 0.2) is 18.3 Å². The fraction of sp³-hybridized carbons (Fsp3) is 0. The Balaban J connectivity index is 2.99. The molecule has 1 aromatic heterocycles. The molecule has 0 aliphatic rings. The van der Waals surface area contributed by atoms with E-state index in [0.29, 0.717) is 5.56 Å². The van der Waals surface area contributed by atoms with Crippen molar-refractivity contribution in [3.8, 4) is 0 Å². The van der Waals surface area contributed by atoms with E-state index in [-0.39, 0.29) is 0 Å². The van der Waals surface area contributed by atoms with Gasteiger partial charge in [-0.05, 0) is 12.1 Å². The predicted octanol–water partition coefficient (Wildman–Crippen LogP) is 0.694. The van der Waals surface area contributed by atoms with Gasteiger partial charge >= 0.3 is 0 Å². The van der Waals surface area contributed by atoms with Crippen LogP contribution in [0.25, 0.3) is 0 Å². The standard InChI is InChI=1S/C6H4NO/c8-5-6-2-1-3-7-4-6/h1-2,4-5H. The van der Waals surface area contributed by atoms with Gasteiger partial charge in [0.15, 0.2) is 6.29 Å². The number of carbonyl (C=O) groups is 1. The minimum Gasteiger partial charge on any atom is -0.298 e. The van der Waals surface area contributed by atoms with Gasteiger partial charge in [-0.1, -0.05) is 0 Å². The number of hydrogen-bond acceptors (Lipinski definition) is 2. The Hall–Kier alpha value is -1.18. The van der Waals surface area contributed by atoms with Crippen LogP contribution in [0.3, 0.4) is 0 Å². The lowest BCUT2D eigenvalue weighted by atomic mass is 10.3. The highest BCUT2D eigenvalue weighted by Crippen LogP contribution is 1.86. The predicted molar refractivity (Wildman–Crippen MR) is 28.5 cm³/mol. The van der Waals surface area contributed by atoms with E-state index in [1.807, 2.05) is 0 Å². The quantitative estimate of drug-likeness (QED) is 0.493. The summed E-state index contributed by atoms with van der Waals surface area (Å²) in [5, 5.41) is 0. The maximum absolute atomic E-state index is 9.95. The fourth-order valence-electron chi connectivity index (χ4n) is 0.401. The molecule has 0 aliphatic carbocycles. The molecule has 0 bridgehead atoms. The number of pyridine rings is 1. The number of nitrogens with zero attached hydrogens (tertiary/aromatic N) is 1. The van der Waals surface area contributed by atoms with Gasteiger partial charge in [0.2, 0.25) is 0 Å². The second-order valence-electron chi connectivity index (χ2n) is 1.34. The van der Waals surface area contributed by atoms with Gasteiger partial charge in [0, 0.05) is 11.8 Å². The van der Waals surface area contributed by atoms with Crippen molar-refractivity contribution >= 4 is 6.29 Å². The Morgan fingerprint density at radius 1 is 1.75 bits per heavy atom. The topological polar surface area (TPSA) is 30.0 Å². The third kappa shape index (κ3) is 0.904.